The molecule has 200 valence electrons. The van der Waals surface area contributed by atoms with E-state index in [4.69, 9.17) is 16.3 Å². The predicted molar refractivity (Wildman–Crippen MR) is 158 cm³/mol. The molecule has 1 fully saturated rings. The van der Waals surface area contributed by atoms with Crippen LogP contribution in [0.3, 0.4) is 0 Å². The van der Waals surface area contributed by atoms with Crippen LogP contribution in [-0.2, 0) is 17.8 Å². The maximum Gasteiger partial charge on any atom is 0.227 e. The smallest absolute Gasteiger partial charge is 0.227 e. The molecule has 6 rings (SSSR count). The van der Waals surface area contributed by atoms with Crippen molar-refractivity contribution in [3.05, 3.63) is 69.9 Å². The van der Waals surface area contributed by atoms with Crippen molar-refractivity contribution in [3.8, 4) is 5.75 Å². The van der Waals surface area contributed by atoms with Crippen LogP contribution in [0.25, 0.3) is 20.3 Å². The molecule has 1 N–H and O–H groups in total. The second-order valence-corrected chi connectivity index (χ2v) is 12.0. The van der Waals surface area contributed by atoms with Gasteiger partial charge in [-0.3, -0.25) is 4.79 Å². The van der Waals surface area contributed by atoms with Crippen LogP contribution < -0.4 is 10.1 Å². The van der Waals surface area contributed by atoms with Crippen LogP contribution in [0.4, 0.5) is 11.5 Å². The SMILES string of the molecule is CN(C)[C@H]1CCN(C(=O)Cc2ccc3c(c2)sc2ncnc(Nc4ccc(OCc5cscn5)c(Cl)c4)c23)C1. The molecule has 0 spiro atoms. The van der Waals surface area contributed by atoms with E-state index in [1.165, 1.54) is 11.3 Å². The standard InChI is InChI=1S/C28H27ClN6O2S2/c1-34(2)20-7-8-35(12-20)25(36)10-17-3-5-21-24(9-17)39-28-26(21)27(30-15-31-28)33-18-4-6-23(22(29)11-18)37-13-19-14-38-16-32-19/h3-6,9,11,14-16,20H,7-8,10,12-13H2,1-2H3,(H,30,31,33)/t20-/m0/s1. The number of thiazole rings is 1. The lowest BCUT2D eigenvalue weighted by Crippen LogP contribution is -2.35. The number of aromatic nitrogens is 3. The maximum atomic E-state index is 13.0. The molecule has 3 aromatic heterocycles. The van der Waals surface area contributed by atoms with Crippen LogP contribution in [0.2, 0.25) is 5.02 Å². The van der Waals surface area contributed by atoms with E-state index in [0.717, 1.165) is 56.8 Å². The maximum absolute atomic E-state index is 13.0. The van der Waals surface area contributed by atoms with E-state index >= 15 is 0 Å². The highest BCUT2D eigenvalue weighted by Gasteiger charge is 2.27. The zero-order valence-electron chi connectivity index (χ0n) is 21.6. The number of likely N-dealkylation sites (N-methyl/N-ethyl adjacent to an activating group) is 1. The van der Waals surface area contributed by atoms with Gasteiger partial charge in [0.25, 0.3) is 0 Å². The fraction of sp³-hybridized carbons (Fsp3) is 0.286. The normalized spacial score (nSPS) is 15.5. The molecule has 0 radical (unpaired) electrons. The summed E-state index contributed by atoms with van der Waals surface area (Å²) in [5, 5.41) is 7.85. The Bertz CT molecular complexity index is 1640. The summed E-state index contributed by atoms with van der Waals surface area (Å²) in [6, 6.07) is 12.2. The van der Waals surface area contributed by atoms with E-state index in [2.05, 4.69) is 51.4 Å². The largest absolute Gasteiger partial charge is 0.486 e. The number of likely N-dealkylation sites (tertiary alicyclic amines) is 1. The highest BCUT2D eigenvalue weighted by atomic mass is 35.5. The molecule has 1 atom stereocenters. The zero-order chi connectivity index (χ0) is 26.9. The van der Waals surface area contributed by atoms with Gasteiger partial charge in [0.2, 0.25) is 5.91 Å². The number of rotatable bonds is 8. The molecule has 39 heavy (non-hydrogen) atoms. The van der Waals surface area contributed by atoms with Crippen molar-refractivity contribution >= 4 is 72.0 Å². The van der Waals surface area contributed by atoms with Crippen LogP contribution in [0.15, 0.2) is 53.6 Å². The Morgan fingerprint density at radius 1 is 1.21 bits per heavy atom. The molecule has 2 aromatic carbocycles. The molecule has 4 heterocycles. The van der Waals surface area contributed by atoms with E-state index in [1.807, 2.05) is 34.5 Å². The lowest BCUT2D eigenvalue weighted by atomic mass is 10.1. The van der Waals surface area contributed by atoms with E-state index in [1.54, 1.807) is 23.2 Å². The third-order valence-corrected chi connectivity index (χ3v) is 8.98. The van der Waals surface area contributed by atoms with Crippen LogP contribution in [0, 0.1) is 0 Å². The molecule has 1 amide bonds. The van der Waals surface area contributed by atoms with E-state index in [-0.39, 0.29) is 5.91 Å². The number of carbonyl (C=O) groups is 1. The number of carbonyl (C=O) groups excluding carboxylic acids is 1. The molecule has 1 aliphatic heterocycles. The van der Waals surface area contributed by atoms with Crippen molar-refractivity contribution in [2.24, 2.45) is 0 Å². The molecule has 5 aromatic rings. The number of nitrogens with zero attached hydrogens (tertiary/aromatic N) is 5. The van der Waals surface area contributed by atoms with Gasteiger partial charge < -0.3 is 19.9 Å². The van der Waals surface area contributed by atoms with Crippen molar-refractivity contribution in [2.75, 3.05) is 32.5 Å². The lowest BCUT2D eigenvalue weighted by Gasteiger charge is -2.20. The van der Waals surface area contributed by atoms with Gasteiger partial charge in [-0.05, 0) is 50.3 Å². The Balaban J connectivity index is 1.20. The zero-order valence-corrected chi connectivity index (χ0v) is 23.9. The minimum Gasteiger partial charge on any atom is -0.486 e. The number of fused-ring (bicyclic) bond motifs is 3. The van der Waals surface area contributed by atoms with Gasteiger partial charge in [0, 0.05) is 40.3 Å². The number of hydrogen-bond donors (Lipinski definition) is 1. The lowest BCUT2D eigenvalue weighted by molar-refractivity contribution is -0.129. The first-order valence-corrected chi connectivity index (χ1v) is 14.7. The van der Waals surface area contributed by atoms with E-state index in [0.29, 0.717) is 35.7 Å². The van der Waals surface area contributed by atoms with Gasteiger partial charge in [-0.1, -0.05) is 23.7 Å². The summed E-state index contributed by atoms with van der Waals surface area (Å²) >= 11 is 9.64. The number of thiophene rings is 1. The Morgan fingerprint density at radius 2 is 2.10 bits per heavy atom. The second-order valence-electron chi connectivity index (χ2n) is 9.80. The third-order valence-electron chi connectivity index (χ3n) is 6.99. The van der Waals surface area contributed by atoms with Crippen LogP contribution >= 0.6 is 34.3 Å². The predicted octanol–water partition coefficient (Wildman–Crippen LogP) is 5.98. The summed E-state index contributed by atoms with van der Waals surface area (Å²) in [6.07, 6.45) is 2.98. The number of nitrogens with one attached hydrogen (secondary N) is 1. The molecule has 0 aliphatic carbocycles. The van der Waals surface area contributed by atoms with Crippen LogP contribution in [-0.4, -0.2) is 63.9 Å². The molecular formula is C28H27ClN6O2S2. The third kappa shape index (κ3) is 5.56. The summed E-state index contributed by atoms with van der Waals surface area (Å²) in [7, 11) is 4.15. The molecule has 0 bridgehead atoms. The first-order valence-electron chi connectivity index (χ1n) is 12.6. The summed E-state index contributed by atoms with van der Waals surface area (Å²) in [5.41, 5.74) is 4.45. The summed E-state index contributed by atoms with van der Waals surface area (Å²) in [6.45, 7) is 1.98. The Morgan fingerprint density at radius 3 is 2.87 bits per heavy atom. The van der Waals surface area contributed by atoms with Crippen molar-refractivity contribution in [2.45, 2.75) is 25.5 Å². The number of anilines is 2. The molecule has 11 heteroatoms. The van der Waals surface area contributed by atoms with Crippen molar-refractivity contribution in [3.63, 3.8) is 0 Å². The molecule has 0 unspecified atom stereocenters. The van der Waals surface area contributed by atoms with Crippen molar-refractivity contribution < 1.29 is 9.53 Å². The van der Waals surface area contributed by atoms with Crippen LogP contribution in [0.5, 0.6) is 5.75 Å². The molecule has 1 saturated heterocycles. The molecule has 8 nitrogen and oxygen atoms in total. The van der Waals surface area contributed by atoms with E-state index < -0.39 is 0 Å². The Hall–Kier alpha value is -3.31. The molecular weight excluding hydrogens is 552 g/mol. The average molecular weight is 579 g/mol. The summed E-state index contributed by atoms with van der Waals surface area (Å²) in [4.78, 5) is 31.3. The quantitative estimate of drug-likeness (QED) is 0.242. The fourth-order valence-corrected chi connectivity index (χ4v) is 6.71. The van der Waals surface area contributed by atoms with Gasteiger partial charge in [0.1, 0.15) is 29.3 Å². The van der Waals surface area contributed by atoms with Gasteiger partial charge >= 0.3 is 0 Å². The highest BCUT2D eigenvalue weighted by molar-refractivity contribution is 7.25. The topological polar surface area (TPSA) is 83.5 Å². The number of ether oxygens (including phenoxy) is 1. The van der Waals surface area contributed by atoms with E-state index in [9.17, 15) is 4.79 Å². The Kier molecular flexibility index (Phi) is 7.35. The minimum absolute atomic E-state index is 0.179. The van der Waals surface area contributed by atoms with Crippen LogP contribution in [0.1, 0.15) is 17.7 Å². The van der Waals surface area contributed by atoms with Gasteiger partial charge in [-0.25, -0.2) is 15.0 Å². The fourth-order valence-electron chi connectivity index (χ4n) is 4.83. The van der Waals surface area contributed by atoms with Crippen molar-refractivity contribution in [1.29, 1.82) is 0 Å². The average Bonchev–Trinajstić information content (AvgIpc) is 3.68. The first kappa shape index (κ1) is 25.9. The summed E-state index contributed by atoms with van der Waals surface area (Å²) < 4.78 is 6.90. The van der Waals surface area contributed by atoms with Gasteiger partial charge in [-0.2, -0.15) is 0 Å². The monoisotopic (exact) mass is 578 g/mol. The summed E-state index contributed by atoms with van der Waals surface area (Å²) in [5.74, 6) is 1.48. The Labute approximate surface area is 239 Å². The molecule has 1 aliphatic rings. The number of hydrogen-bond acceptors (Lipinski definition) is 9. The first-order chi connectivity index (χ1) is 18.9. The number of amides is 1. The van der Waals surface area contributed by atoms with Gasteiger partial charge in [0.15, 0.2) is 0 Å². The van der Waals surface area contributed by atoms with Crippen molar-refractivity contribution in [1.82, 2.24) is 24.8 Å². The molecule has 0 saturated carbocycles. The van der Waals surface area contributed by atoms with Gasteiger partial charge in [-0.15, -0.1) is 22.7 Å². The van der Waals surface area contributed by atoms with Gasteiger partial charge in [0.05, 0.1) is 28.0 Å². The number of halogens is 1. The second kappa shape index (κ2) is 11.1. The number of benzene rings is 2. The highest BCUT2D eigenvalue weighted by Crippen LogP contribution is 2.38. The minimum atomic E-state index is 0.179.